The molecule has 2 aliphatic heterocycles. The van der Waals surface area contributed by atoms with E-state index < -0.39 is 0 Å². The van der Waals surface area contributed by atoms with Crippen LogP contribution in [0.2, 0.25) is 0 Å². The summed E-state index contributed by atoms with van der Waals surface area (Å²) in [6.07, 6.45) is 3.44. The molecule has 150 valence electrons. The predicted molar refractivity (Wildman–Crippen MR) is 97.5 cm³/mol. The van der Waals surface area contributed by atoms with Crippen molar-refractivity contribution in [2.75, 3.05) is 32.9 Å². The second-order valence-corrected chi connectivity index (χ2v) is 7.28. The lowest BCUT2D eigenvalue weighted by Crippen LogP contribution is -2.40. The van der Waals surface area contributed by atoms with Crippen molar-refractivity contribution in [1.29, 1.82) is 0 Å². The summed E-state index contributed by atoms with van der Waals surface area (Å²) >= 11 is 0. The summed E-state index contributed by atoms with van der Waals surface area (Å²) in [5.74, 6) is 2.04. The highest BCUT2D eigenvalue weighted by Crippen LogP contribution is 2.30. The van der Waals surface area contributed by atoms with Gasteiger partial charge >= 0.3 is 0 Å². The fourth-order valence-electron chi connectivity index (χ4n) is 3.68. The first-order chi connectivity index (χ1) is 13.7. The Balaban J connectivity index is 1.25. The quantitative estimate of drug-likeness (QED) is 0.783. The molecule has 0 unspecified atom stereocenters. The van der Waals surface area contributed by atoms with E-state index >= 15 is 0 Å². The summed E-state index contributed by atoms with van der Waals surface area (Å²) in [6, 6.07) is 5.65. The normalized spacial score (nSPS) is 19.0. The van der Waals surface area contributed by atoms with Crippen LogP contribution in [-0.4, -0.2) is 53.9 Å². The van der Waals surface area contributed by atoms with Gasteiger partial charge in [-0.3, -0.25) is 4.79 Å². The lowest BCUT2D eigenvalue weighted by molar-refractivity contribution is -0.134. The molecule has 4 rings (SSSR count). The predicted octanol–water partition coefficient (Wildman–Crippen LogP) is 2.89. The summed E-state index contributed by atoms with van der Waals surface area (Å²) in [4.78, 5) is 18.8. The maximum absolute atomic E-state index is 12.9. The summed E-state index contributed by atoms with van der Waals surface area (Å²) in [7, 11) is 0. The van der Waals surface area contributed by atoms with E-state index in [-0.39, 0.29) is 24.2 Å². The molecule has 0 bridgehead atoms. The van der Waals surface area contributed by atoms with Crippen molar-refractivity contribution in [3.8, 4) is 5.75 Å². The zero-order valence-corrected chi connectivity index (χ0v) is 15.7. The van der Waals surface area contributed by atoms with Crippen LogP contribution in [0, 0.1) is 5.82 Å². The number of likely N-dealkylation sites (tertiary alicyclic amines) is 1. The molecule has 2 fully saturated rings. The third-order valence-electron chi connectivity index (χ3n) is 5.42. The molecule has 8 heteroatoms. The van der Waals surface area contributed by atoms with Crippen molar-refractivity contribution < 1.29 is 23.2 Å². The number of hydrogen-bond acceptors (Lipinski definition) is 6. The Morgan fingerprint density at radius 3 is 2.54 bits per heavy atom. The number of carbonyl (C=O) groups is 1. The Hall–Kier alpha value is -2.48. The van der Waals surface area contributed by atoms with Crippen LogP contribution in [0.5, 0.6) is 5.75 Å². The second-order valence-electron chi connectivity index (χ2n) is 7.28. The van der Waals surface area contributed by atoms with E-state index in [1.807, 2.05) is 0 Å². The zero-order chi connectivity index (χ0) is 19.3. The van der Waals surface area contributed by atoms with Crippen molar-refractivity contribution in [3.05, 3.63) is 41.8 Å². The summed E-state index contributed by atoms with van der Waals surface area (Å²) in [5.41, 5.74) is 0. The number of benzene rings is 1. The van der Waals surface area contributed by atoms with Crippen molar-refractivity contribution in [2.24, 2.45) is 0 Å². The molecule has 2 aromatic rings. The minimum atomic E-state index is -0.332. The highest BCUT2D eigenvalue weighted by atomic mass is 19.1. The monoisotopic (exact) mass is 389 g/mol. The molecular weight excluding hydrogens is 365 g/mol. The van der Waals surface area contributed by atoms with Gasteiger partial charge in [-0.1, -0.05) is 5.16 Å². The van der Waals surface area contributed by atoms with Gasteiger partial charge in [-0.05, 0) is 49.9 Å². The maximum atomic E-state index is 12.9. The number of halogens is 1. The number of carbonyl (C=O) groups excluding carboxylic acids is 1. The molecule has 0 saturated carbocycles. The van der Waals surface area contributed by atoms with Crippen LogP contribution >= 0.6 is 0 Å². The van der Waals surface area contributed by atoms with Crippen LogP contribution in [0.1, 0.15) is 49.2 Å². The minimum Gasteiger partial charge on any atom is -0.484 e. The molecule has 2 aliphatic rings. The van der Waals surface area contributed by atoms with Gasteiger partial charge in [0.25, 0.3) is 5.91 Å². The number of nitrogens with zero attached hydrogens (tertiary/aromatic N) is 3. The number of aromatic nitrogens is 2. The molecule has 0 atom stereocenters. The van der Waals surface area contributed by atoms with Crippen LogP contribution in [0.25, 0.3) is 0 Å². The number of hydrogen-bond donors (Lipinski definition) is 0. The highest BCUT2D eigenvalue weighted by molar-refractivity contribution is 5.77. The van der Waals surface area contributed by atoms with Gasteiger partial charge in [0.1, 0.15) is 11.6 Å². The highest BCUT2D eigenvalue weighted by Gasteiger charge is 2.29. The van der Waals surface area contributed by atoms with E-state index in [1.54, 1.807) is 4.90 Å². The molecule has 0 N–H and O–H groups in total. The Kier molecular flexibility index (Phi) is 5.85. The SMILES string of the molecule is O=C(COc1ccc(F)cc1)N1CCC(c2nc(C3CCOCC3)no2)CC1. The fourth-order valence-corrected chi connectivity index (χ4v) is 3.68. The Morgan fingerprint density at radius 1 is 1.11 bits per heavy atom. The minimum absolute atomic E-state index is 0.0508. The summed E-state index contributed by atoms with van der Waals surface area (Å²) in [6.45, 7) is 2.70. The third-order valence-corrected chi connectivity index (χ3v) is 5.42. The Bertz CT molecular complexity index is 781. The van der Waals surface area contributed by atoms with Gasteiger partial charge in [0.15, 0.2) is 12.4 Å². The first-order valence-electron chi connectivity index (χ1n) is 9.76. The molecule has 0 spiro atoms. The lowest BCUT2D eigenvalue weighted by atomic mass is 9.96. The molecule has 0 aliphatic carbocycles. The molecule has 1 aromatic carbocycles. The van der Waals surface area contributed by atoms with Crippen LogP contribution in [0.3, 0.4) is 0 Å². The van der Waals surface area contributed by atoms with E-state index in [1.165, 1.54) is 24.3 Å². The van der Waals surface area contributed by atoms with Crippen LogP contribution < -0.4 is 4.74 Å². The van der Waals surface area contributed by atoms with Gasteiger partial charge in [-0.25, -0.2) is 4.39 Å². The van der Waals surface area contributed by atoms with Crippen molar-refractivity contribution in [1.82, 2.24) is 15.0 Å². The average Bonchev–Trinajstić information content (AvgIpc) is 3.24. The molecule has 2 saturated heterocycles. The number of ether oxygens (including phenoxy) is 2. The van der Waals surface area contributed by atoms with E-state index in [0.29, 0.717) is 30.6 Å². The molecule has 28 heavy (non-hydrogen) atoms. The molecule has 1 amide bonds. The Labute approximate surface area is 162 Å². The second kappa shape index (κ2) is 8.68. The molecule has 0 radical (unpaired) electrons. The van der Waals surface area contributed by atoms with E-state index in [2.05, 4.69) is 10.1 Å². The van der Waals surface area contributed by atoms with Crippen LogP contribution in [-0.2, 0) is 9.53 Å². The van der Waals surface area contributed by atoms with Gasteiger partial charge in [-0.2, -0.15) is 4.98 Å². The first kappa shape index (κ1) is 18.9. The molecule has 7 nitrogen and oxygen atoms in total. The number of rotatable bonds is 5. The molecule has 3 heterocycles. The van der Waals surface area contributed by atoms with Crippen molar-refractivity contribution in [3.63, 3.8) is 0 Å². The van der Waals surface area contributed by atoms with Crippen LogP contribution in [0.4, 0.5) is 4.39 Å². The Morgan fingerprint density at radius 2 is 1.82 bits per heavy atom. The smallest absolute Gasteiger partial charge is 0.260 e. The van der Waals surface area contributed by atoms with Gasteiger partial charge in [0, 0.05) is 38.1 Å². The summed E-state index contributed by atoms with van der Waals surface area (Å²) in [5, 5.41) is 4.17. The summed E-state index contributed by atoms with van der Waals surface area (Å²) < 4.78 is 29.2. The van der Waals surface area contributed by atoms with E-state index in [0.717, 1.165) is 44.7 Å². The maximum Gasteiger partial charge on any atom is 0.260 e. The third kappa shape index (κ3) is 4.49. The number of amides is 1. The fraction of sp³-hybridized carbons (Fsp3) is 0.550. The van der Waals surface area contributed by atoms with E-state index in [4.69, 9.17) is 14.0 Å². The van der Waals surface area contributed by atoms with Gasteiger partial charge in [0.2, 0.25) is 5.89 Å². The largest absolute Gasteiger partial charge is 0.484 e. The van der Waals surface area contributed by atoms with Crippen LogP contribution in [0.15, 0.2) is 28.8 Å². The van der Waals surface area contributed by atoms with E-state index in [9.17, 15) is 9.18 Å². The average molecular weight is 389 g/mol. The molecular formula is C20H24FN3O4. The first-order valence-corrected chi connectivity index (χ1v) is 9.76. The standard InChI is InChI=1S/C20H24FN3O4/c21-16-1-3-17(4-2-16)27-13-18(25)24-9-5-15(6-10-24)20-22-19(23-28-20)14-7-11-26-12-8-14/h1-4,14-15H,5-13H2. The topological polar surface area (TPSA) is 77.7 Å². The van der Waals surface area contributed by atoms with Crippen molar-refractivity contribution in [2.45, 2.75) is 37.5 Å². The lowest BCUT2D eigenvalue weighted by Gasteiger charge is -2.30. The zero-order valence-electron chi connectivity index (χ0n) is 15.7. The van der Waals surface area contributed by atoms with Crippen molar-refractivity contribution >= 4 is 5.91 Å². The number of piperidine rings is 1. The molecule has 1 aromatic heterocycles. The van der Waals surface area contributed by atoms with Gasteiger partial charge < -0.3 is 18.9 Å². The van der Waals surface area contributed by atoms with Gasteiger partial charge in [0.05, 0.1) is 0 Å². The van der Waals surface area contributed by atoms with Gasteiger partial charge in [-0.15, -0.1) is 0 Å².